The van der Waals surface area contributed by atoms with Crippen LogP contribution in [0, 0.1) is 13.8 Å². The quantitative estimate of drug-likeness (QED) is 0.765. The lowest BCUT2D eigenvalue weighted by molar-refractivity contribution is 1.14. The first kappa shape index (κ1) is 9.65. The van der Waals surface area contributed by atoms with Gasteiger partial charge in [0, 0.05) is 18.0 Å². The summed E-state index contributed by atoms with van der Waals surface area (Å²) < 4.78 is 0. The summed E-state index contributed by atoms with van der Waals surface area (Å²) in [6.45, 7) is 4.02. The highest BCUT2D eigenvalue weighted by Crippen LogP contribution is 2.16. The number of rotatable bonds is 1. The van der Waals surface area contributed by atoms with Gasteiger partial charge in [0.15, 0.2) is 0 Å². The van der Waals surface area contributed by atoms with E-state index in [2.05, 4.69) is 16.0 Å². The minimum absolute atomic E-state index is 0.150. The first-order valence-corrected chi connectivity index (χ1v) is 4.79. The summed E-state index contributed by atoms with van der Waals surface area (Å²) in [5.41, 5.74) is 3.46. The molecule has 0 saturated carbocycles. The molecule has 76 valence electrons. The second-order valence-electron chi connectivity index (χ2n) is 3.64. The van der Waals surface area contributed by atoms with Crippen LogP contribution < -0.4 is 5.56 Å². The van der Waals surface area contributed by atoms with Gasteiger partial charge < -0.3 is 4.98 Å². The van der Waals surface area contributed by atoms with E-state index in [1.54, 1.807) is 6.20 Å². The third kappa shape index (κ3) is 1.96. The van der Waals surface area contributed by atoms with E-state index in [0.29, 0.717) is 5.69 Å². The lowest BCUT2D eigenvalue weighted by atomic mass is 10.1. The van der Waals surface area contributed by atoms with Crippen molar-refractivity contribution in [3.05, 3.63) is 52.1 Å². The molecular weight excluding hydrogens is 188 g/mol. The summed E-state index contributed by atoms with van der Waals surface area (Å²) in [4.78, 5) is 18.2. The molecule has 1 aromatic heterocycles. The van der Waals surface area contributed by atoms with Crippen molar-refractivity contribution < 1.29 is 0 Å². The molecule has 0 aliphatic rings. The van der Waals surface area contributed by atoms with Crippen molar-refractivity contribution in [1.29, 1.82) is 0 Å². The Balaban J connectivity index is 2.64. The monoisotopic (exact) mass is 200 g/mol. The topological polar surface area (TPSA) is 45.8 Å². The van der Waals surface area contributed by atoms with E-state index in [4.69, 9.17) is 0 Å². The molecule has 15 heavy (non-hydrogen) atoms. The fourth-order valence-corrected chi connectivity index (χ4v) is 1.67. The zero-order valence-corrected chi connectivity index (χ0v) is 8.74. The molecule has 2 aromatic rings. The number of hydrogen-bond donors (Lipinski definition) is 1. The van der Waals surface area contributed by atoms with E-state index in [0.717, 1.165) is 16.7 Å². The van der Waals surface area contributed by atoms with Crippen LogP contribution in [0.1, 0.15) is 11.1 Å². The highest BCUT2D eigenvalue weighted by molar-refractivity contribution is 5.59. The number of nitrogens with zero attached hydrogens (tertiary/aromatic N) is 1. The average Bonchev–Trinajstić information content (AvgIpc) is 2.16. The zero-order chi connectivity index (χ0) is 10.8. The minimum Gasteiger partial charge on any atom is -0.326 e. The smallest absolute Gasteiger partial charge is 0.274 e. The van der Waals surface area contributed by atoms with Crippen molar-refractivity contribution in [3.63, 3.8) is 0 Å². The number of benzene rings is 1. The molecule has 2 rings (SSSR count). The molecule has 0 aliphatic heterocycles. The van der Waals surface area contributed by atoms with Gasteiger partial charge in [-0.05, 0) is 26.0 Å². The van der Waals surface area contributed by atoms with E-state index < -0.39 is 0 Å². The van der Waals surface area contributed by atoms with Gasteiger partial charge in [-0.1, -0.05) is 17.2 Å². The molecule has 3 nitrogen and oxygen atoms in total. The Morgan fingerprint density at radius 3 is 2.40 bits per heavy atom. The Bertz CT molecular complexity index is 523. The SMILES string of the molecule is Cc1cc(C)cc(-c2ncc[nH]c2=O)c1. The van der Waals surface area contributed by atoms with Crippen LogP contribution in [-0.4, -0.2) is 9.97 Å². The molecule has 0 bridgehead atoms. The molecule has 0 aliphatic carbocycles. The predicted octanol–water partition coefficient (Wildman–Crippen LogP) is 2.05. The fraction of sp³-hybridized carbons (Fsp3) is 0.167. The van der Waals surface area contributed by atoms with Gasteiger partial charge in [-0.25, -0.2) is 4.98 Å². The number of H-pyrrole nitrogens is 1. The van der Waals surface area contributed by atoms with Crippen molar-refractivity contribution >= 4 is 0 Å². The fourth-order valence-electron chi connectivity index (χ4n) is 1.67. The second kappa shape index (κ2) is 3.69. The maximum absolute atomic E-state index is 11.5. The molecule has 0 atom stereocenters. The van der Waals surface area contributed by atoms with Gasteiger partial charge in [0.2, 0.25) is 0 Å². The number of aromatic amines is 1. The van der Waals surface area contributed by atoms with Gasteiger partial charge in [0.25, 0.3) is 5.56 Å². The second-order valence-corrected chi connectivity index (χ2v) is 3.64. The molecule has 1 N–H and O–H groups in total. The largest absolute Gasteiger partial charge is 0.326 e. The standard InChI is InChI=1S/C12H12N2O/c1-8-5-9(2)7-10(6-8)11-12(15)14-4-3-13-11/h3-7H,1-2H3,(H,14,15). The highest BCUT2D eigenvalue weighted by Gasteiger charge is 2.04. The minimum atomic E-state index is -0.150. The molecule has 0 spiro atoms. The molecule has 0 saturated heterocycles. The van der Waals surface area contributed by atoms with E-state index in [1.165, 1.54) is 6.20 Å². The van der Waals surface area contributed by atoms with Crippen molar-refractivity contribution in [2.45, 2.75) is 13.8 Å². The first-order chi connectivity index (χ1) is 7.16. The Morgan fingerprint density at radius 2 is 1.80 bits per heavy atom. The van der Waals surface area contributed by atoms with Crippen LogP contribution in [0.15, 0.2) is 35.4 Å². The Kier molecular flexibility index (Phi) is 2.37. The van der Waals surface area contributed by atoms with E-state index >= 15 is 0 Å². The van der Waals surface area contributed by atoms with E-state index in [9.17, 15) is 4.79 Å². The molecule has 3 heteroatoms. The van der Waals surface area contributed by atoms with Crippen LogP contribution in [0.25, 0.3) is 11.3 Å². The summed E-state index contributed by atoms with van der Waals surface area (Å²) in [6, 6.07) is 6.00. The molecule has 0 fully saturated rings. The van der Waals surface area contributed by atoms with Crippen molar-refractivity contribution in [2.75, 3.05) is 0 Å². The number of hydrogen-bond acceptors (Lipinski definition) is 2. The molecule has 0 unspecified atom stereocenters. The lowest BCUT2D eigenvalue weighted by Gasteiger charge is -2.02. The summed E-state index contributed by atoms with van der Waals surface area (Å²) >= 11 is 0. The average molecular weight is 200 g/mol. The normalized spacial score (nSPS) is 10.3. The third-order valence-corrected chi connectivity index (χ3v) is 2.20. The third-order valence-electron chi connectivity index (χ3n) is 2.20. The summed E-state index contributed by atoms with van der Waals surface area (Å²) in [5.74, 6) is 0. The maximum Gasteiger partial charge on any atom is 0.274 e. The summed E-state index contributed by atoms with van der Waals surface area (Å²) in [5, 5.41) is 0. The van der Waals surface area contributed by atoms with E-state index in [-0.39, 0.29) is 5.56 Å². The Labute approximate surface area is 87.8 Å². The van der Waals surface area contributed by atoms with Crippen LogP contribution in [-0.2, 0) is 0 Å². The van der Waals surface area contributed by atoms with Gasteiger partial charge in [0.05, 0.1) is 0 Å². The van der Waals surface area contributed by atoms with Gasteiger partial charge >= 0.3 is 0 Å². The molecule has 0 radical (unpaired) electrons. The first-order valence-electron chi connectivity index (χ1n) is 4.79. The van der Waals surface area contributed by atoms with Crippen LogP contribution in [0.5, 0.6) is 0 Å². The van der Waals surface area contributed by atoms with Crippen LogP contribution in [0.2, 0.25) is 0 Å². The van der Waals surface area contributed by atoms with Crippen molar-refractivity contribution in [3.8, 4) is 11.3 Å². The van der Waals surface area contributed by atoms with Gasteiger partial charge in [0.1, 0.15) is 5.69 Å². The molecule has 0 amide bonds. The highest BCUT2D eigenvalue weighted by atomic mass is 16.1. The maximum atomic E-state index is 11.5. The van der Waals surface area contributed by atoms with Crippen molar-refractivity contribution in [1.82, 2.24) is 9.97 Å². The van der Waals surface area contributed by atoms with Crippen LogP contribution in [0.4, 0.5) is 0 Å². The molecule has 1 heterocycles. The van der Waals surface area contributed by atoms with Crippen LogP contribution in [0.3, 0.4) is 0 Å². The van der Waals surface area contributed by atoms with Crippen molar-refractivity contribution in [2.24, 2.45) is 0 Å². The van der Waals surface area contributed by atoms with E-state index in [1.807, 2.05) is 26.0 Å². The van der Waals surface area contributed by atoms with Gasteiger partial charge in [-0.15, -0.1) is 0 Å². The zero-order valence-electron chi connectivity index (χ0n) is 8.74. The molecule has 1 aromatic carbocycles. The number of nitrogens with one attached hydrogen (secondary N) is 1. The number of aromatic nitrogens is 2. The Hall–Kier alpha value is -1.90. The molecular formula is C12H12N2O. The predicted molar refractivity (Wildman–Crippen MR) is 59.8 cm³/mol. The van der Waals surface area contributed by atoms with Crippen LogP contribution >= 0.6 is 0 Å². The number of aryl methyl sites for hydroxylation is 2. The summed E-state index contributed by atoms with van der Waals surface area (Å²) in [6.07, 6.45) is 3.13. The van der Waals surface area contributed by atoms with Gasteiger partial charge in [-0.3, -0.25) is 4.79 Å². The lowest BCUT2D eigenvalue weighted by Crippen LogP contribution is -2.09. The summed E-state index contributed by atoms with van der Waals surface area (Å²) in [7, 11) is 0. The van der Waals surface area contributed by atoms with Gasteiger partial charge in [-0.2, -0.15) is 0 Å². The Morgan fingerprint density at radius 1 is 1.13 bits per heavy atom.